The SMILES string of the molecule is Cc1ccc(O)c(N=Nc2ccccc2)n1.O=C(Cc1ccc2c(c1)OCO2)Cc1onc2c1CCC2.O=C(NCc1ccc2c(c1)OCO2)c1c(Cl)cccc1Cl. The zero-order chi connectivity index (χ0) is 40.4. The molecule has 3 aliphatic rings. The summed E-state index contributed by atoms with van der Waals surface area (Å²) in [7, 11) is 0. The highest BCUT2D eigenvalue weighted by Gasteiger charge is 2.23. The third-order valence-corrected chi connectivity index (χ3v) is 9.71. The molecule has 13 nitrogen and oxygen atoms in total. The molecule has 6 aromatic rings. The number of hydrogen-bond donors (Lipinski definition) is 2. The Kier molecular flexibility index (Phi) is 12.8. The van der Waals surface area contributed by atoms with Gasteiger partial charge in [0, 0.05) is 24.2 Å². The second kappa shape index (κ2) is 18.7. The van der Waals surface area contributed by atoms with Gasteiger partial charge in [0.2, 0.25) is 19.4 Å². The van der Waals surface area contributed by atoms with Crippen LogP contribution in [0.25, 0.3) is 0 Å². The molecular formula is C43H37Cl2N5O8. The van der Waals surface area contributed by atoms with Gasteiger partial charge in [0.25, 0.3) is 5.91 Å². The van der Waals surface area contributed by atoms with E-state index in [1.165, 1.54) is 0 Å². The van der Waals surface area contributed by atoms with Gasteiger partial charge in [-0.15, -0.1) is 10.2 Å². The predicted octanol–water partition coefficient (Wildman–Crippen LogP) is 9.41. The van der Waals surface area contributed by atoms with Gasteiger partial charge in [-0.05, 0) is 98.0 Å². The molecule has 0 saturated heterocycles. The number of pyridine rings is 1. The quantitative estimate of drug-likeness (QED) is 0.134. The van der Waals surface area contributed by atoms with Gasteiger partial charge in [-0.2, -0.15) is 0 Å². The number of halogens is 2. The third-order valence-electron chi connectivity index (χ3n) is 9.08. The number of aryl methyl sites for hydroxylation is 2. The second-order valence-corrected chi connectivity index (χ2v) is 14.1. The van der Waals surface area contributed by atoms with Crippen molar-refractivity contribution in [3.05, 3.63) is 147 Å². The van der Waals surface area contributed by atoms with E-state index in [1.54, 1.807) is 30.3 Å². The van der Waals surface area contributed by atoms with Crippen molar-refractivity contribution in [3.63, 3.8) is 0 Å². The van der Waals surface area contributed by atoms with Crippen LogP contribution >= 0.6 is 23.2 Å². The topological polar surface area (TPSA) is 167 Å². The summed E-state index contributed by atoms with van der Waals surface area (Å²) in [5.41, 5.74) is 5.80. The number of nitrogens with one attached hydrogen (secondary N) is 1. The van der Waals surface area contributed by atoms with Crippen LogP contribution in [0.15, 0.2) is 112 Å². The van der Waals surface area contributed by atoms with E-state index in [0.717, 1.165) is 64.5 Å². The minimum Gasteiger partial charge on any atom is -0.504 e. The van der Waals surface area contributed by atoms with Crippen molar-refractivity contribution in [1.82, 2.24) is 15.5 Å². The van der Waals surface area contributed by atoms with E-state index < -0.39 is 0 Å². The van der Waals surface area contributed by atoms with Gasteiger partial charge in [0.1, 0.15) is 11.5 Å². The van der Waals surface area contributed by atoms with Crippen molar-refractivity contribution in [3.8, 4) is 28.7 Å². The van der Waals surface area contributed by atoms with Crippen molar-refractivity contribution in [1.29, 1.82) is 0 Å². The monoisotopic (exact) mass is 821 g/mol. The maximum atomic E-state index is 12.2. The number of aromatic nitrogens is 2. The molecule has 9 rings (SSSR count). The van der Waals surface area contributed by atoms with E-state index in [2.05, 4.69) is 25.7 Å². The lowest BCUT2D eigenvalue weighted by atomic mass is 10.0. The molecule has 4 heterocycles. The number of Topliss-reactive ketones (excluding diaryl/α,β-unsaturated/α-hetero) is 1. The van der Waals surface area contributed by atoms with E-state index in [-0.39, 0.29) is 42.4 Å². The normalized spacial score (nSPS) is 12.9. The smallest absolute Gasteiger partial charge is 0.254 e. The van der Waals surface area contributed by atoms with Gasteiger partial charge < -0.3 is 33.9 Å². The Balaban J connectivity index is 0.000000134. The number of rotatable bonds is 9. The van der Waals surface area contributed by atoms with Crippen molar-refractivity contribution < 1.29 is 38.2 Å². The summed E-state index contributed by atoms with van der Waals surface area (Å²) in [6, 6.07) is 28.6. The van der Waals surface area contributed by atoms with E-state index in [0.29, 0.717) is 46.7 Å². The molecule has 1 aliphatic carbocycles. The van der Waals surface area contributed by atoms with Crippen LogP contribution in [0.5, 0.6) is 28.7 Å². The Morgan fingerprint density at radius 1 is 0.759 bits per heavy atom. The minimum absolute atomic E-state index is 0.0327. The Labute approximate surface area is 343 Å². The van der Waals surface area contributed by atoms with Crippen LogP contribution < -0.4 is 24.3 Å². The molecule has 296 valence electrons. The summed E-state index contributed by atoms with van der Waals surface area (Å²) in [6.45, 7) is 2.65. The number of amides is 1. The van der Waals surface area contributed by atoms with Crippen molar-refractivity contribution in [2.75, 3.05) is 13.6 Å². The lowest BCUT2D eigenvalue weighted by Gasteiger charge is -2.09. The lowest BCUT2D eigenvalue weighted by Crippen LogP contribution is -2.23. The molecular weight excluding hydrogens is 785 g/mol. The average molecular weight is 823 g/mol. The van der Waals surface area contributed by atoms with Gasteiger partial charge >= 0.3 is 0 Å². The minimum atomic E-state index is -0.316. The first-order valence-electron chi connectivity index (χ1n) is 18.3. The number of nitrogens with zero attached hydrogens (tertiary/aromatic N) is 4. The highest BCUT2D eigenvalue weighted by molar-refractivity contribution is 6.39. The van der Waals surface area contributed by atoms with Crippen LogP contribution in [-0.2, 0) is 37.0 Å². The molecule has 2 aromatic heterocycles. The van der Waals surface area contributed by atoms with Crippen LogP contribution in [0.1, 0.15) is 50.6 Å². The van der Waals surface area contributed by atoms with Crippen molar-refractivity contribution in [2.24, 2.45) is 10.2 Å². The summed E-state index contributed by atoms with van der Waals surface area (Å²) in [5, 5.41) is 24.9. The van der Waals surface area contributed by atoms with Gasteiger partial charge in [0.15, 0.2) is 28.7 Å². The number of azo groups is 1. The van der Waals surface area contributed by atoms with E-state index in [1.807, 2.05) is 73.7 Å². The molecule has 0 fully saturated rings. The number of fused-ring (bicyclic) bond motifs is 3. The molecule has 0 unspecified atom stereocenters. The molecule has 0 spiro atoms. The van der Waals surface area contributed by atoms with Gasteiger partial charge in [-0.25, -0.2) is 4.98 Å². The summed E-state index contributed by atoms with van der Waals surface area (Å²) < 4.78 is 26.4. The number of carbonyl (C=O) groups excluding carboxylic acids is 2. The molecule has 0 radical (unpaired) electrons. The lowest BCUT2D eigenvalue weighted by molar-refractivity contribution is -0.118. The molecule has 4 aromatic carbocycles. The fourth-order valence-corrected chi connectivity index (χ4v) is 6.77. The molecule has 15 heteroatoms. The second-order valence-electron chi connectivity index (χ2n) is 13.3. The van der Waals surface area contributed by atoms with E-state index >= 15 is 0 Å². The first-order chi connectivity index (χ1) is 28.2. The fraction of sp³-hybridized carbons (Fsp3) is 0.209. The number of carbonyl (C=O) groups is 2. The van der Waals surface area contributed by atoms with Crippen LogP contribution in [-0.4, -0.2) is 40.5 Å². The number of ether oxygens (including phenoxy) is 4. The predicted molar refractivity (Wildman–Crippen MR) is 215 cm³/mol. The molecule has 2 aliphatic heterocycles. The average Bonchev–Trinajstić information content (AvgIpc) is 4.05. The number of aromatic hydroxyl groups is 1. The molecule has 0 atom stereocenters. The van der Waals surface area contributed by atoms with Crippen LogP contribution in [0.3, 0.4) is 0 Å². The summed E-state index contributed by atoms with van der Waals surface area (Å²) >= 11 is 12.0. The van der Waals surface area contributed by atoms with Gasteiger partial charge in [0.05, 0.1) is 33.4 Å². The Bertz CT molecular complexity index is 2440. The Morgan fingerprint density at radius 2 is 1.43 bits per heavy atom. The zero-order valence-electron chi connectivity index (χ0n) is 31.2. The molecule has 2 N–H and O–H groups in total. The number of hydrogen-bond acceptors (Lipinski definition) is 12. The highest BCUT2D eigenvalue weighted by Crippen LogP contribution is 2.34. The standard InChI is InChI=1S/C16H15NO4.C15H11Cl2NO3.C12H11N3O/c18-11(8-15-12-2-1-3-13(12)17-21-15)6-10-4-5-14-16(7-10)20-9-19-14;16-10-2-1-3-11(17)14(10)15(19)18-7-9-4-5-12-13(6-9)21-8-20-12;1-9-7-8-11(16)12(13-9)15-14-10-5-3-2-4-6-10/h4-5,7H,1-3,6,8-9H2;1-6H,7-8H2,(H,18,19);2-8,16H,1H3. The van der Waals surface area contributed by atoms with Crippen LogP contribution in [0, 0.1) is 6.92 Å². The molecule has 1 amide bonds. The first-order valence-corrected chi connectivity index (χ1v) is 19.1. The van der Waals surface area contributed by atoms with Crippen LogP contribution in [0.4, 0.5) is 11.5 Å². The summed E-state index contributed by atoms with van der Waals surface area (Å²) in [6.07, 6.45) is 3.74. The van der Waals surface area contributed by atoms with Crippen LogP contribution in [0.2, 0.25) is 10.0 Å². The fourth-order valence-electron chi connectivity index (χ4n) is 6.20. The highest BCUT2D eigenvalue weighted by atomic mass is 35.5. The summed E-state index contributed by atoms with van der Waals surface area (Å²) in [5.74, 6) is 3.65. The Morgan fingerprint density at radius 3 is 2.16 bits per heavy atom. The van der Waals surface area contributed by atoms with Crippen molar-refractivity contribution in [2.45, 2.75) is 45.6 Å². The molecule has 0 saturated carbocycles. The largest absolute Gasteiger partial charge is 0.504 e. The van der Waals surface area contributed by atoms with Crippen molar-refractivity contribution >= 4 is 46.4 Å². The number of benzene rings is 4. The summed E-state index contributed by atoms with van der Waals surface area (Å²) in [4.78, 5) is 28.5. The maximum absolute atomic E-state index is 12.2. The first kappa shape index (κ1) is 39.8. The number of ketones is 1. The molecule has 58 heavy (non-hydrogen) atoms. The van der Waals surface area contributed by atoms with Gasteiger partial charge in [-0.3, -0.25) is 9.59 Å². The zero-order valence-corrected chi connectivity index (χ0v) is 32.8. The Hall–Kier alpha value is -6.44. The van der Waals surface area contributed by atoms with E-state index in [9.17, 15) is 14.7 Å². The maximum Gasteiger partial charge on any atom is 0.254 e. The van der Waals surface area contributed by atoms with Gasteiger partial charge in [-0.1, -0.05) is 64.8 Å². The molecule has 0 bridgehead atoms. The third kappa shape index (κ3) is 10.1. The van der Waals surface area contributed by atoms with E-state index in [4.69, 9.17) is 46.7 Å².